The summed E-state index contributed by atoms with van der Waals surface area (Å²) in [6.45, 7) is 0. The lowest BCUT2D eigenvalue weighted by atomic mass is 10.1. The number of carbonyl (C=O) groups excluding carboxylic acids is 2. The van der Waals surface area contributed by atoms with Crippen LogP contribution in [0.25, 0.3) is 0 Å². The molecule has 0 aliphatic heterocycles. The second-order valence-corrected chi connectivity index (χ2v) is 6.92. The molecule has 0 N–H and O–H groups in total. The van der Waals surface area contributed by atoms with E-state index in [2.05, 4.69) is 0 Å². The van der Waals surface area contributed by atoms with Crippen molar-refractivity contribution in [2.45, 2.75) is 0 Å². The number of esters is 2. The molecule has 28 heavy (non-hydrogen) atoms. The number of benzene rings is 3. The van der Waals surface area contributed by atoms with Gasteiger partial charge in [0.1, 0.15) is 22.6 Å². The van der Waals surface area contributed by atoms with E-state index >= 15 is 0 Å². The molecule has 0 radical (unpaired) electrons. The minimum Gasteiger partial charge on any atom is -0.423 e. The zero-order valence-electron chi connectivity index (χ0n) is 13.9. The molecule has 0 aromatic heterocycles. The highest BCUT2D eigenvalue weighted by atomic mass is 35.5. The Kier molecular flexibility index (Phi) is 6.47. The van der Waals surface area contributed by atoms with Crippen LogP contribution in [0.2, 0.25) is 20.1 Å². The van der Waals surface area contributed by atoms with Crippen LogP contribution >= 0.6 is 46.4 Å². The second-order valence-electron chi connectivity index (χ2n) is 5.41. The number of rotatable bonds is 4. The molecular formula is C20H10Cl4O4. The molecule has 0 fully saturated rings. The van der Waals surface area contributed by atoms with Gasteiger partial charge in [-0.25, -0.2) is 9.59 Å². The molecule has 0 unspecified atom stereocenters. The molecule has 0 spiro atoms. The first kappa shape index (κ1) is 20.5. The van der Waals surface area contributed by atoms with Gasteiger partial charge in [0.25, 0.3) is 0 Å². The molecule has 0 heterocycles. The van der Waals surface area contributed by atoms with Gasteiger partial charge in [-0.15, -0.1) is 0 Å². The van der Waals surface area contributed by atoms with Gasteiger partial charge in [0.15, 0.2) is 0 Å². The number of hydrogen-bond acceptors (Lipinski definition) is 4. The molecule has 0 bridgehead atoms. The fourth-order valence-electron chi connectivity index (χ4n) is 2.28. The Morgan fingerprint density at radius 3 is 1.11 bits per heavy atom. The summed E-state index contributed by atoms with van der Waals surface area (Å²) in [7, 11) is 0. The third-order valence-electron chi connectivity index (χ3n) is 3.58. The standard InChI is InChI=1S/C20H10Cl4O4/c21-15-13(19(25)27-11-7-3-1-4-8-11)16(22)18(24)14(17(15)23)20(26)28-12-9-5-2-6-10-12/h1-10H. The quantitative estimate of drug-likeness (QED) is 0.248. The van der Waals surface area contributed by atoms with Crippen LogP contribution in [0, 0.1) is 0 Å². The molecule has 3 aromatic carbocycles. The molecule has 0 saturated heterocycles. The Morgan fingerprint density at radius 2 is 0.821 bits per heavy atom. The lowest BCUT2D eigenvalue weighted by molar-refractivity contribution is 0.0721. The highest BCUT2D eigenvalue weighted by Gasteiger charge is 2.30. The molecule has 0 aliphatic rings. The van der Waals surface area contributed by atoms with Crippen molar-refractivity contribution in [3.63, 3.8) is 0 Å². The number of ether oxygens (including phenoxy) is 2. The molecule has 3 rings (SSSR count). The molecule has 3 aromatic rings. The fourth-order valence-corrected chi connectivity index (χ4v) is 3.44. The first-order valence-electron chi connectivity index (χ1n) is 7.80. The molecule has 8 heteroatoms. The first-order valence-corrected chi connectivity index (χ1v) is 9.31. The van der Waals surface area contributed by atoms with Crippen LogP contribution in [0.1, 0.15) is 20.7 Å². The predicted molar refractivity (Wildman–Crippen MR) is 109 cm³/mol. The van der Waals surface area contributed by atoms with Crippen LogP contribution in [0.3, 0.4) is 0 Å². The molecular weight excluding hydrogens is 446 g/mol. The van der Waals surface area contributed by atoms with Crippen LogP contribution < -0.4 is 9.47 Å². The topological polar surface area (TPSA) is 52.6 Å². The van der Waals surface area contributed by atoms with Gasteiger partial charge >= 0.3 is 11.9 Å². The largest absolute Gasteiger partial charge is 0.423 e. The van der Waals surface area contributed by atoms with E-state index in [1.165, 1.54) is 0 Å². The Balaban J connectivity index is 1.97. The fraction of sp³-hybridized carbons (Fsp3) is 0. The summed E-state index contributed by atoms with van der Waals surface area (Å²) in [6, 6.07) is 16.6. The average Bonchev–Trinajstić information content (AvgIpc) is 2.68. The van der Waals surface area contributed by atoms with Crippen LogP contribution in [-0.4, -0.2) is 11.9 Å². The van der Waals surface area contributed by atoms with Crippen molar-refractivity contribution in [1.29, 1.82) is 0 Å². The summed E-state index contributed by atoms with van der Waals surface area (Å²) in [5.41, 5.74) is -0.503. The number of para-hydroxylation sites is 2. The highest BCUT2D eigenvalue weighted by molar-refractivity contribution is 6.52. The summed E-state index contributed by atoms with van der Waals surface area (Å²) < 4.78 is 10.5. The van der Waals surface area contributed by atoms with E-state index in [0.717, 1.165) is 0 Å². The predicted octanol–water partition coefficient (Wildman–Crippen LogP) is 6.74. The Labute approximate surface area is 180 Å². The number of hydrogen-bond donors (Lipinski definition) is 0. The number of halogens is 4. The maximum absolute atomic E-state index is 12.5. The SMILES string of the molecule is O=C(Oc1ccccc1)c1c(Cl)c(Cl)c(C(=O)Oc2ccccc2)c(Cl)c1Cl. The zero-order valence-corrected chi connectivity index (χ0v) is 16.9. The van der Waals surface area contributed by atoms with E-state index < -0.39 is 11.9 Å². The molecule has 142 valence electrons. The van der Waals surface area contributed by atoms with Crippen molar-refractivity contribution in [2.75, 3.05) is 0 Å². The zero-order chi connectivity index (χ0) is 20.3. The third-order valence-corrected chi connectivity index (χ3v) is 5.28. The van der Waals surface area contributed by atoms with E-state index in [1.54, 1.807) is 60.7 Å². The maximum Gasteiger partial charge on any atom is 0.346 e. The van der Waals surface area contributed by atoms with E-state index in [-0.39, 0.29) is 42.7 Å². The average molecular weight is 456 g/mol. The van der Waals surface area contributed by atoms with Gasteiger partial charge in [-0.2, -0.15) is 0 Å². The molecule has 0 saturated carbocycles. The Hall–Kier alpha value is -2.24. The van der Waals surface area contributed by atoms with Gasteiger partial charge in [-0.1, -0.05) is 82.8 Å². The monoisotopic (exact) mass is 454 g/mol. The summed E-state index contributed by atoms with van der Waals surface area (Å²) in [4.78, 5) is 25.0. The minimum absolute atomic E-state index is 0.251. The normalized spacial score (nSPS) is 10.4. The van der Waals surface area contributed by atoms with Crippen LogP contribution in [0.4, 0.5) is 0 Å². The minimum atomic E-state index is -0.868. The highest BCUT2D eigenvalue weighted by Crippen LogP contribution is 2.42. The van der Waals surface area contributed by atoms with Gasteiger partial charge in [0.05, 0.1) is 20.1 Å². The van der Waals surface area contributed by atoms with Gasteiger partial charge in [0, 0.05) is 0 Å². The van der Waals surface area contributed by atoms with Crippen molar-refractivity contribution in [3.05, 3.63) is 91.9 Å². The van der Waals surface area contributed by atoms with E-state index in [9.17, 15) is 9.59 Å². The number of carbonyl (C=O) groups is 2. The Morgan fingerprint density at radius 1 is 0.536 bits per heavy atom. The van der Waals surface area contributed by atoms with Crippen molar-refractivity contribution < 1.29 is 19.1 Å². The molecule has 0 aliphatic carbocycles. The van der Waals surface area contributed by atoms with Crippen LogP contribution in [0.15, 0.2) is 60.7 Å². The van der Waals surface area contributed by atoms with Crippen molar-refractivity contribution in [2.24, 2.45) is 0 Å². The third kappa shape index (κ3) is 4.26. The summed E-state index contributed by atoms with van der Waals surface area (Å²) in [5.74, 6) is -1.18. The summed E-state index contributed by atoms with van der Waals surface area (Å²) in [5, 5.41) is -1.07. The lowest BCUT2D eigenvalue weighted by Gasteiger charge is -2.14. The van der Waals surface area contributed by atoms with E-state index in [0.29, 0.717) is 0 Å². The lowest BCUT2D eigenvalue weighted by Crippen LogP contribution is -2.15. The Bertz CT molecular complexity index is 924. The van der Waals surface area contributed by atoms with Gasteiger partial charge in [-0.05, 0) is 24.3 Å². The van der Waals surface area contributed by atoms with Crippen LogP contribution in [-0.2, 0) is 0 Å². The summed E-state index contributed by atoms with van der Waals surface area (Å²) >= 11 is 24.8. The smallest absolute Gasteiger partial charge is 0.346 e. The van der Waals surface area contributed by atoms with Crippen molar-refractivity contribution in [1.82, 2.24) is 0 Å². The van der Waals surface area contributed by atoms with Crippen molar-refractivity contribution >= 4 is 58.3 Å². The molecule has 0 amide bonds. The van der Waals surface area contributed by atoms with Gasteiger partial charge in [-0.3, -0.25) is 0 Å². The van der Waals surface area contributed by atoms with Crippen molar-refractivity contribution in [3.8, 4) is 11.5 Å². The van der Waals surface area contributed by atoms with Crippen LogP contribution in [0.5, 0.6) is 11.5 Å². The van der Waals surface area contributed by atoms with Gasteiger partial charge in [0.2, 0.25) is 0 Å². The van der Waals surface area contributed by atoms with E-state index in [4.69, 9.17) is 55.9 Å². The molecule has 4 nitrogen and oxygen atoms in total. The first-order chi connectivity index (χ1) is 13.4. The van der Waals surface area contributed by atoms with Gasteiger partial charge < -0.3 is 9.47 Å². The second kappa shape index (κ2) is 8.84. The maximum atomic E-state index is 12.5. The molecule has 0 atom stereocenters. The summed E-state index contributed by atoms with van der Waals surface area (Å²) in [6.07, 6.45) is 0. The van der Waals surface area contributed by atoms with E-state index in [1.807, 2.05) is 0 Å².